The molecule has 0 saturated carbocycles. The fraction of sp³-hybridized carbons (Fsp3) is 0.520. The second-order valence-corrected chi connectivity index (χ2v) is 10.5. The van der Waals surface area contributed by atoms with E-state index < -0.39 is 0 Å². The molecule has 1 aromatic carbocycles. The van der Waals surface area contributed by atoms with E-state index >= 15 is 0 Å². The summed E-state index contributed by atoms with van der Waals surface area (Å²) in [5, 5.41) is 10.9. The van der Waals surface area contributed by atoms with Crippen LogP contribution in [0.5, 0.6) is 0 Å². The van der Waals surface area contributed by atoms with E-state index in [1.165, 1.54) is 46.3 Å². The molecule has 2 aromatic heterocycles. The van der Waals surface area contributed by atoms with Crippen LogP contribution in [0.3, 0.4) is 0 Å². The number of piperidine rings is 1. The second kappa shape index (κ2) is 7.59. The third-order valence-corrected chi connectivity index (χ3v) is 7.92. The van der Waals surface area contributed by atoms with Crippen molar-refractivity contribution >= 4 is 32.8 Å². The van der Waals surface area contributed by atoms with Gasteiger partial charge in [0.15, 0.2) is 5.65 Å². The highest BCUT2D eigenvalue weighted by Crippen LogP contribution is 2.44. The molecule has 0 amide bonds. The first-order valence-corrected chi connectivity index (χ1v) is 12.1. The van der Waals surface area contributed by atoms with Gasteiger partial charge in [-0.2, -0.15) is 0 Å². The fourth-order valence-electron chi connectivity index (χ4n) is 6.05. The van der Waals surface area contributed by atoms with Crippen LogP contribution in [0.25, 0.3) is 16.7 Å². The van der Waals surface area contributed by atoms with Crippen LogP contribution in [0, 0.1) is 40.5 Å². The van der Waals surface area contributed by atoms with E-state index in [1.54, 1.807) is 0 Å². The van der Waals surface area contributed by atoms with Crippen molar-refractivity contribution in [2.45, 2.75) is 72.4 Å². The van der Waals surface area contributed by atoms with Gasteiger partial charge in [0, 0.05) is 28.9 Å². The summed E-state index contributed by atoms with van der Waals surface area (Å²) in [4.78, 5) is 12.6. The van der Waals surface area contributed by atoms with Gasteiger partial charge in [0.1, 0.15) is 11.6 Å². The molecule has 4 heterocycles. The average Bonchev–Trinajstić information content (AvgIpc) is 3.11. The van der Waals surface area contributed by atoms with Crippen LogP contribution < -0.4 is 4.90 Å². The van der Waals surface area contributed by atoms with E-state index in [9.17, 15) is 5.11 Å². The van der Waals surface area contributed by atoms with Gasteiger partial charge in [-0.25, -0.2) is 9.97 Å². The third-order valence-electron chi connectivity index (χ3n) is 7.46. The van der Waals surface area contributed by atoms with E-state index in [0.29, 0.717) is 24.6 Å². The average molecular weight is 483 g/mol. The molecule has 0 radical (unpaired) electrons. The van der Waals surface area contributed by atoms with Crippen LogP contribution in [0.1, 0.15) is 53.9 Å². The predicted molar refractivity (Wildman–Crippen MR) is 129 cm³/mol. The maximum atomic E-state index is 9.76. The standard InChI is InChI=1S/C25H31BrN4O/c1-13-8-19(26)9-14(2)23(13)29-16(4)15(3)22-24(29)27-17(5)28-25(22)30-20-6-7-21(30)11-18(10-20)12-31/h8-9,18,20-21,31H,6-7,10-12H2,1-5H3. The minimum Gasteiger partial charge on any atom is -0.396 e. The lowest BCUT2D eigenvalue weighted by Crippen LogP contribution is -2.44. The Morgan fingerprint density at radius 2 is 1.61 bits per heavy atom. The fourth-order valence-corrected chi connectivity index (χ4v) is 6.74. The molecule has 2 atom stereocenters. The molecular formula is C25H31BrN4O. The number of hydrogen-bond donors (Lipinski definition) is 1. The summed E-state index contributed by atoms with van der Waals surface area (Å²) in [5.74, 6) is 2.34. The number of aliphatic hydroxyl groups is 1. The van der Waals surface area contributed by atoms with Crippen LogP contribution in [-0.4, -0.2) is 38.3 Å². The van der Waals surface area contributed by atoms with Crippen LogP contribution in [0.2, 0.25) is 0 Å². The summed E-state index contributed by atoms with van der Waals surface area (Å²) in [7, 11) is 0. The van der Waals surface area contributed by atoms with E-state index in [4.69, 9.17) is 9.97 Å². The molecule has 2 aliphatic rings. The molecular weight excluding hydrogens is 452 g/mol. The number of benzene rings is 1. The molecule has 1 N–H and O–H groups in total. The maximum absolute atomic E-state index is 9.76. The molecule has 0 spiro atoms. The molecule has 5 nitrogen and oxygen atoms in total. The van der Waals surface area contributed by atoms with Gasteiger partial charge in [-0.05, 0) is 95.0 Å². The van der Waals surface area contributed by atoms with Crippen molar-refractivity contribution < 1.29 is 5.11 Å². The molecule has 2 saturated heterocycles. The highest BCUT2D eigenvalue weighted by molar-refractivity contribution is 9.10. The van der Waals surface area contributed by atoms with Gasteiger partial charge in [0.05, 0.1) is 11.1 Å². The minimum atomic E-state index is 0.301. The first kappa shape index (κ1) is 21.0. The van der Waals surface area contributed by atoms with Crippen LogP contribution in [0.4, 0.5) is 5.82 Å². The van der Waals surface area contributed by atoms with Gasteiger partial charge < -0.3 is 10.0 Å². The predicted octanol–water partition coefficient (Wildman–Crippen LogP) is 5.46. The van der Waals surface area contributed by atoms with Crippen molar-refractivity contribution in [2.24, 2.45) is 5.92 Å². The Morgan fingerprint density at radius 3 is 2.19 bits per heavy atom. The van der Waals surface area contributed by atoms with Crippen molar-refractivity contribution in [1.82, 2.24) is 14.5 Å². The lowest BCUT2D eigenvalue weighted by molar-refractivity contribution is 0.185. The topological polar surface area (TPSA) is 54.2 Å². The van der Waals surface area contributed by atoms with Gasteiger partial charge in [-0.3, -0.25) is 4.57 Å². The molecule has 2 aliphatic heterocycles. The zero-order valence-electron chi connectivity index (χ0n) is 19.0. The molecule has 31 heavy (non-hydrogen) atoms. The maximum Gasteiger partial charge on any atom is 0.150 e. The number of rotatable bonds is 3. The van der Waals surface area contributed by atoms with Gasteiger partial charge in [0.2, 0.25) is 0 Å². The summed E-state index contributed by atoms with van der Waals surface area (Å²) in [6, 6.07) is 5.29. The van der Waals surface area contributed by atoms with Crippen molar-refractivity contribution in [3.63, 3.8) is 0 Å². The first-order chi connectivity index (χ1) is 14.8. The largest absolute Gasteiger partial charge is 0.396 e. The molecule has 2 fully saturated rings. The Bertz CT molecular complexity index is 1150. The molecule has 0 aliphatic carbocycles. The van der Waals surface area contributed by atoms with E-state index in [1.807, 2.05) is 6.92 Å². The Hall–Kier alpha value is -1.92. The Labute approximate surface area is 192 Å². The zero-order valence-corrected chi connectivity index (χ0v) is 20.6. The smallest absolute Gasteiger partial charge is 0.150 e. The molecule has 2 unspecified atom stereocenters. The highest BCUT2D eigenvalue weighted by atomic mass is 79.9. The van der Waals surface area contributed by atoms with Crippen molar-refractivity contribution in [1.29, 1.82) is 0 Å². The van der Waals surface area contributed by atoms with Crippen LogP contribution in [0.15, 0.2) is 16.6 Å². The molecule has 3 aromatic rings. The number of aryl methyl sites for hydroxylation is 4. The Morgan fingerprint density at radius 1 is 1.00 bits per heavy atom. The minimum absolute atomic E-state index is 0.301. The number of aliphatic hydroxyl groups excluding tert-OH is 1. The lowest BCUT2D eigenvalue weighted by Gasteiger charge is -2.39. The van der Waals surface area contributed by atoms with Crippen LogP contribution >= 0.6 is 15.9 Å². The quantitative estimate of drug-likeness (QED) is 0.537. The summed E-state index contributed by atoms with van der Waals surface area (Å²) in [5.41, 5.74) is 7.17. The van der Waals surface area contributed by atoms with Gasteiger partial charge in [-0.1, -0.05) is 15.9 Å². The van der Waals surface area contributed by atoms with E-state index in [-0.39, 0.29) is 0 Å². The van der Waals surface area contributed by atoms with Crippen molar-refractivity contribution in [2.75, 3.05) is 11.5 Å². The SMILES string of the molecule is Cc1nc(N2C3CCC2CC(CO)C3)c2c(C)c(C)n(-c3c(C)cc(Br)cc3C)c2n1. The normalized spacial score (nSPS) is 23.2. The molecule has 2 bridgehead atoms. The number of anilines is 1. The van der Waals surface area contributed by atoms with Gasteiger partial charge in [0.25, 0.3) is 0 Å². The summed E-state index contributed by atoms with van der Waals surface area (Å²) in [6.45, 7) is 11.1. The van der Waals surface area contributed by atoms with Crippen molar-refractivity contribution in [3.8, 4) is 5.69 Å². The number of nitrogens with zero attached hydrogens (tertiary/aromatic N) is 4. The highest BCUT2D eigenvalue weighted by Gasteiger charge is 2.42. The van der Waals surface area contributed by atoms with Crippen LogP contribution in [-0.2, 0) is 0 Å². The van der Waals surface area contributed by atoms with E-state index in [0.717, 1.165) is 34.6 Å². The molecule has 164 valence electrons. The number of aromatic nitrogens is 3. The summed E-state index contributed by atoms with van der Waals surface area (Å²) in [6.07, 6.45) is 4.49. The Balaban J connectivity index is 1.75. The number of hydrogen-bond acceptors (Lipinski definition) is 4. The monoisotopic (exact) mass is 482 g/mol. The van der Waals surface area contributed by atoms with Gasteiger partial charge in [-0.15, -0.1) is 0 Å². The zero-order chi connectivity index (χ0) is 22.0. The second-order valence-electron chi connectivity index (χ2n) is 9.54. The number of fused-ring (bicyclic) bond motifs is 3. The van der Waals surface area contributed by atoms with E-state index in [2.05, 4.69) is 65.2 Å². The lowest BCUT2D eigenvalue weighted by atomic mass is 9.91. The Kier molecular flexibility index (Phi) is 5.13. The van der Waals surface area contributed by atoms with Gasteiger partial charge >= 0.3 is 0 Å². The summed E-state index contributed by atoms with van der Waals surface area (Å²) < 4.78 is 3.44. The molecule has 5 rings (SSSR count). The third kappa shape index (κ3) is 3.21. The molecule has 6 heteroatoms. The number of halogens is 1. The van der Waals surface area contributed by atoms with Crippen molar-refractivity contribution in [3.05, 3.63) is 44.8 Å². The first-order valence-electron chi connectivity index (χ1n) is 11.3. The summed E-state index contributed by atoms with van der Waals surface area (Å²) >= 11 is 3.64.